The minimum atomic E-state index is -0.120. The van der Waals surface area contributed by atoms with E-state index < -0.39 is 0 Å². The first kappa shape index (κ1) is 15.0. The van der Waals surface area contributed by atoms with Gasteiger partial charge in [0.15, 0.2) is 0 Å². The van der Waals surface area contributed by atoms with Crippen LogP contribution in [0.15, 0.2) is 43.1 Å². The van der Waals surface area contributed by atoms with Crippen molar-refractivity contribution in [3.05, 3.63) is 59.9 Å². The van der Waals surface area contributed by atoms with E-state index in [4.69, 9.17) is 0 Å². The minimum Gasteiger partial charge on any atom is -0.345 e. The molecule has 1 atom stereocenters. The molecule has 3 aromatic rings. The van der Waals surface area contributed by atoms with Gasteiger partial charge in [0, 0.05) is 23.9 Å². The van der Waals surface area contributed by atoms with Crippen LogP contribution in [0.25, 0.3) is 5.69 Å². The number of aryl methyl sites for hydroxylation is 1. The van der Waals surface area contributed by atoms with E-state index in [9.17, 15) is 4.79 Å². The first-order chi connectivity index (χ1) is 11.1. The average molecular weight is 310 g/mol. The van der Waals surface area contributed by atoms with Gasteiger partial charge in [-0.1, -0.05) is 0 Å². The summed E-state index contributed by atoms with van der Waals surface area (Å²) in [5.74, 6) is -0.120. The van der Waals surface area contributed by atoms with E-state index in [2.05, 4.69) is 20.5 Å². The lowest BCUT2D eigenvalue weighted by Crippen LogP contribution is -2.26. The second-order valence-corrected chi connectivity index (χ2v) is 5.39. The summed E-state index contributed by atoms with van der Waals surface area (Å²) in [5.41, 5.74) is 3.51. The molecule has 0 aliphatic rings. The van der Waals surface area contributed by atoms with Crippen molar-refractivity contribution in [2.45, 2.75) is 19.9 Å². The van der Waals surface area contributed by atoms with Gasteiger partial charge in [-0.3, -0.25) is 9.48 Å². The third kappa shape index (κ3) is 2.98. The highest BCUT2D eigenvalue weighted by molar-refractivity contribution is 5.94. The molecule has 1 amide bonds. The monoisotopic (exact) mass is 310 g/mol. The van der Waals surface area contributed by atoms with Gasteiger partial charge < -0.3 is 5.32 Å². The molecule has 0 spiro atoms. The van der Waals surface area contributed by atoms with Gasteiger partial charge in [-0.25, -0.2) is 9.67 Å². The molecule has 0 radical (unpaired) electrons. The quantitative estimate of drug-likeness (QED) is 0.797. The molecule has 2 heterocycles. The predicted molar refractivity (Wildman–Crippen MR) is 85.2 cm³/mol. The van der Waals surface area contributed by atoms with Crippen LogP contribution in [0.2, 0.25) is 0 Å². The predicted octanol–water partition coefficient (Wildman–Crippen LogP) is 1.80. The summed E-state index contributed by atoms with van der Waals surface area (Å²) in [5, 5.41) is 11.3. The number of hydrogen-bond donors (Lipinski definition) is 1. The number of benzene rings is 1. The number of nitrogens with zero attached hydrogens (tertiary/aromatic N) is 5. The minimum absolute atomic E-state index is 0.105. The third-order valence-electron chi connectivity index (χ3n) is 3.90. The molecule has 0 aliphatic heterocycles. The number of carbonyl (C=O) groups is 1. The molecule has 3 rings (SSSR count). The fraction of sp³-hybridized carbons (Fsp3) is 0.250. The molecule has 7 nitrogen and oxygen atoms in total. The lowest BCUT2D eigenvalue weighted by molar-refractivity contribution is 0.0940. The highest BCUT2D eigenvalue weighted by atomic mass is 16.1. The summed E-state index contributed by atoms with van der Waals surface area (Å²) < 4.78 is 3.44. The van der Waals surface area contributed by atoms with Gasteiger partial charge >= 0.3 is 0 Å². The molecule has 0 saturated heterocycles. The zero-order valence-corrected chi connectivity index (χ0v) is 13.3. The lowest BCUT2D eigenvalue weighted by atomic mass is 10.1. The maximum Gasteiger partial charge on any atom is 0.251 e. The molecular formula is C16H18N6O. The van der Waals surface area contributed by atoms with E-state index >= 15 is 0 Å². The van der Waals surface area contributed by atoms with Crippen LogP contribution in [0.1, 0.15) is 34.6 Å². The van der Waals surface area contributed by atoms with Crippen LogP contribution in [0, 0.1) is 6.92 Å². The zero-order valence-electron chi connectivity index (χ0n) is 13.3. The van der Waals surface area contributed by atoms with Crippen molar-refractivity contribution in [1.29, 1.82) is 0 Å². The van der Waals surface area contributed by atoms with Crippen molar-refractivity contribution in [2.24, 2.45) is 7.05 Å². The van der Waals surface area contributed by atoms with Crippen LogP contribution < -0.4 is 5.32 Å². The lowest BCUT2D eigenvalue weighted by Gasteiger charge is -2.14. The summed E-state index contributed by atoms with van der Waals surface area (Å²) in [6.45, 7) is 3.93. The van der Waals surface area contributed by atoms with Crippen LogP contribution in [-0.4, -0.2) is 30.5 Å². The number of hydrogen-bond acceptors (Lipinski definition) is 4. The van der Waals surface area contributed by atoms with Crippen LogP contribution in [-0.2, 0) is 7.05 Å². The van der Waals surface area contributed by atoms with E-state index in [1.807, 2.05) is 33.0 Å². The van der Waals surface area contributed by atoms with Crippen LogP contribution >= 0.6 is 0 Å². The molecular weight excluding hydrogens is 292 g/mol. The van der Waals surface area contributed by atoms with E-state index in [0.29, 0.717) is 5.56 Å². The fourth-order valence-corrected chi connectivity index (χ4v) is 2.41. The van der Waals surface area contributed by atoms with Gasteiger partial charge in [-0.15, -0.1) is 0 Å². The summed E-state index contributed by atoms with van der Waals surface area (Å²) in [7, 11) is 1.89. The Balaban J connectivity index is 1.72. The topological polar surface area (TPSA) is 77.6 Å². The average Bonchev–Trinajstić information content (AvgIpc) is 3.19. The molecule has 0 saturated carbocycles. The molecule has 1 aromatic carbocycles. The summed E-state index contributed by atoms with van der Waals surface area (Å²) >= 11 is 0. The molecule has 0 unspecified atom stereocenters. The van der Waals surface area contributed by atoms with Crippen molar-refractivity contribution in [3.63, 3.8) is 0 Å². The Kier molecular flexibility index (Phi) is 3.92. The fourth-order valence-electron chi connectivity index (χ4n) is 2.41. The van der Waals surface area contributed by atoms with Gasteiger partial charge in [0.05, 0.1) is 17.9 Å². The van der Waals surface area contributed by atoms with Gasteiger partial charge in [0.1, 0.15) is 12.7 Å². The number of aromatic nitrogens is 5. The summed E-state index contributed by atoms with van der Waals surface area (Å²) in [6, 6.07) is 7.11. The molecule has 1 N–H and O–H groups in total. The number of nitrogens with one attached hydrogen (secondary N) is 1. The number of amides is 1. The van der Waals surface area contributed by atoms with E-state index in [1.165, 1.54) is 6.33 Å². The Labute approximate surface area is 134 Å². The Bertz CT molecular complexity index is 804. The molecule has 0 aliphatic carbocycles. The second kappa shape index (κ2) is 6.04. The van der Waals surface area contributed by atoms with Crippen molar-refractivity contribution in [3.8, 4) is 5.69 Å². The van der Waals surface area contributed by atoms with Crippen LogP contribution in [0.3, 0.4) is 0 Å². The Morgan fingerprint density at radius 1 is 1.22 bits per heavy atom. The Hall–Kier alpha value is -2.96. The molecule has 7 heteroatoms. The van der Waals surface area contributed by atoms with Crippen molar-refractivity contribution in [1.82, 2.24) is 29.9 Å². The van der Waals surface area contributed by atoms with Gasteiger partial charge in [0.2, 0.25) is 0 Å². The van der Waals surface area contributed by atoms with Gasteiger partial charge in [0.25, 0.3) is 5.91 Å². The second-order valence-electron chi connectivity index (χ2n) is 5.39. The van der Waals surface area contributed by atoms with Crippen molar-refractivity contribution >= 4 is 5.91 Å². The zero-order chi connectivity index (χ0) is 16.4. The Morgan fingerprint density at radius 3 is 2.52 bits per heavy atom. The number of rotatable bonds is 4. The van der Waals surface area contributed by atoms with E-state index in [0.717, 1.165) is 16.9 Å². The molecule has 118 valence electrons. The van der Waals surface area contributed by atoms with Crippen LogP contribution in [0.4, 0.5) is 0 Å². The summed E-state index contributed by atoms with van der Waals surface area (Å²) in [4.78, 5) is 16.3. The summed E-state index contributed by atoms with van der Waals surface area (Å²) in [6.07, 6.45) is 4.87. The van der Waals surface area contributed by atoms with E-state index in [1.54, 1.807) is 34.0 Å². The maximum atomic E-state index is 12.4. The van der Waals surface area contributed by atoms with Gasteiger partial charge in [-0.05, 0) is 38.1 Å². The molecule has 0 bridgehead atoms. The van der Waals surface area contributed by atoms with Crippen molar-refractivity contribution in [2.75, 3.05) is 0 Å². The molecule has 0 fully saturated rings. The Morgan fingerprint density at radius 2 is 1.96 bits per heavy atom. The largest absolute Gasteiger partial charge is 0.345 e. The van der Waals surface area contributed by atoms with Crippen LogP contribution in [0.5, 0.6) is 0 Å². The standard InChI is InChI=1S/C16H18N6O/c1-11(15-8-18-21(3)12(15)2)20-16(23)13-4-6-14(7-5-13)22-10-17-9-19-22/h4-11H,1-3H3,(H,20,23)/t11-/m1/s1. The van der Waals surface area contributed by atoms with E-state index in [-0.39, 0.29) is 11.9 Å². The number of carbonyl (C=O) groups excluding carboxylic acids is 1. The molecule has 23 heavy (non-hydrogen) atoms. The third-order valence-corrected chi connectivity index (χ3v) is 3.90. The highest BCUT2D eigenvalue weighted by Crippen LogP contribution is 2.17. The first-order valence-electron chi connectivity index (χ1n) is 7.30. The van der Waals surface area contributed by atoms with Crippen molar-refractivity contribution < 1.29 is 4.79 Å². The molecule has 2 aromatic heterocycles. The maximum absolute atomic E-state index is 12.4. The first-order valence-corrected chi connectivity index (χ1v) is 7.30. The van der Waals surface area contributed by atoms with Gasteiger partial charge in [-0.2, -0.15) is 10.2 Å². The normalized spacial score (nSPS) is 12.1. The highest BCUT2D eigenvalue weighted by Gasteiger charge is 2.15. The smallest absolute Gasteiger partial charge is 0.251 e. The SMILES string of the molecule is Cc1c([C@@H](C)NC(=O)c2ccc(-n3cncn3)cc2)cnn1C.